The van der Waals surface area contributed by atoms with Crippen molar-refractivity contribution in [3.05, 3.63) is 18.2 Å². The van der Waals surface area contributed by atoms with Crippen LogP contribution in [0.25, 0.3) is 0 Å². The van der Waals surface area contributed by atoms with E-state index in [4.69, 9.17) is 9.47 Å². The normalized spacial score (nSPS) is 11.6. The lowest BCUT2D eigenvalue weighted by atomic mass is 10.3. The minimum absolute atomic E-state index is 0.0966. The van der Waals surface area contributed by atoms with E-state index in [9.17, 15) is 8.42 Å². The number of methoxy groups -OCH3 is 2. The van der Waals surface area contributed by atoms with Gasteiger partial charge in [-0.25, -0.2) is 12.7 Å². The van der Waals surface area contributed by atoms with E-state index < -0.39 is 10.0 Å². The van der Waals surface area contributed by atoms with E-state index in [2.05, 4.69) is 0 Å². The molecule has 0 N–H and O–H groups in total. The van der Waals surface area contributed by atoms with Crippen LogP contribution in [0.1, 0.15) is 0 Å². The second-order valence-electron chi connectivity index (χ2n) is 3.30. The number of sulfonamides is 1. The first-order chi connectivity index (χ1) is 7.43. The van der Waals surface area contributed by atoms with Crippen molar-refractivity contribution in [3.8, 4) is 11.5 Å². The second kappa shape index (κ2) is 4.71. The Morgan fingerprint density at radius 1 is 1.12 bits per heavy atom. The molecule has 1 aromatic rings. The molecule has 0 aromatic heterocycles. The molecule has 0 radical (unpaired) electrons. The van der Waals surface area contributed by atoms with Crippen LogP contribution in [0.3, 0.4) is 0 Å². The predicted octanol–water partition coefficient (Wildman–Crippen LogP) is 0.954. The molecule has 0 heterocycles. The number of hydrogen-bond donors (Lipinski definition) is 0. The molecule has 0 fully saturated rings. The molecule has 6 heteroatoms. The highest BCUT2D eigenvalue weighted by atomic mass is 32.2. The Morgan fingerprint density at radius 3 is 2.19 bits per heavy atom. The average Bonchev–Trinajstić information content (AvgIpc) is 2.27. The molecule has 0 bridgehead atoms. The number of nitrogens with zero attached hydrogens (tertiary/aromatic N) is 1. The standard InChI is InChI=1S/C10H15NO4S/c1-11(2)16(12,13)10-7-8(14-3)5-6-9(10)15-4/h5-7H,1-4H3. The zero-order valence-corrected chi connectivity index (χ0v) is 10.5. The highest BCUT2D eigenvalue weighted by Crippen LogP contribution is 2.29. The van der Waals surface area contributed by atoms with E-state index in [0.29, 0.717) is 11.5 Å². The highest BCUT2D eigenvalue weighted by Gasteiger charge is 2.22. The van der Waals surface area contributed by atoms with Crippen LogP contribution in [-0.2, 0) is 10.0 Å². The molecule has 0 aliphatic carbocycles. The highest BCUT2D eigenvalue weighted by molar-refractivity contribution is 7.89. The van der Waals surface area contributed by atoms with Crippen LogP contribution in [0, 0.1) is 0 Å². The Morgan fingerprint density at radius 2 is 1.75 bits per heavy atom. The average molecular weight is 245 g/mol. The van der Waals surface area contributed by atoms with Crippen LogP contribution in [0.5, 0.6) is 11.5 Å². The lowest BCUT2D eigenvalue weighted by Crippen LogP contribution is -2.22. The van der Waals surface area contributed by atoms with Gasteiger partial charge in [-0.05, 0) is 12.1 Å². The smallest absolute Gasteiger partial charge is 0.246 e. The zero-order chi connectivity index (χ0) is 12.3. The van der Waals surface area contributed by atoms with Crippen molar-refractivity contribution in [2.24, 2.45) is 0 Å². The van der Waals surface area contributed by atoms with Gasteiger partial charge in [0.2, 0.25) is 10.0 Å². The van der Waals surface area contributed by atoms with Crippen LogP contribution in [0.4, 0.5) is 0 Å². The first-order valence-corrected chi connectivity index (χ1v) is 6.02. The van der Waals surface area contributed by atoms with Crippen molar-refractivity contribution in [3.63, 3.8) is 0 Å². The van der Waals surface area contributed by atoms with Gasteiger partial charge in [-0.1, -0.05) is 0 Å². The maximum atomic E-state index is 12.0. The largest absolute Gasteiger partial charge is 0.497 e. The molecule has 0 unspecified atom stereocenters. The molecule has 90 valence electrons. The third kappa shape index (κ3) is 2.28. The summed E-state index contributed by atoms with van der Waals surface area (Å²) in [6, 6.07) is 4.65. The van der Waals surface area contributed by atoms with Gasteiger partial charge in [-0.15, -0.1) is 0 Å². The second-order valence-corrected chi connectivity index (χ2v) is 5.42. The quantitative estimate of drug-likeness (QED) is 0.792. The molecule has 0 atom stereocenters. The van der Waals surface area contributed by atoms with Crippen molar-refractivity contribution >= 4 is 10.0 Å². The maximum absolute atomic E-state index is 12.0. The third-order valence-corrected chi connectivity index (χ3v) is 3.97. The molecule has 0 saturated heterocycles. The van der Waals surface area contributed by atoms with Gasteiger partial charge in [-0.2, -0.15) is 0 Å². The van der Waals surface area contributed by atoms with Crippen LogP contribution in [0.2, 0.25) is 0 Å². The van der Waals surface area contributed by atoms with Gasteiger partial charge in [0.05, 0.1) is 14.2 Å². The predicted molar refractivity (Wildman–Crippen MR) is 60.4 cm³/mol. The Balaban J connectivity index is 3.41. The first kappa shape index (κ1) is 12.8. The van der Waals surface area contributed by atoms with Crippen molar-refractivity contribution in [2.75, 3.05) is 28.3 Å². The van der Waals surface area contributed by atoms with Crippen LogP contribution < -0.4 is 9.47 Å². The van der Waals surface area contributed by atoms with Crippen molar-refractivity contribution in [2.45, 2.75) is 4.90 Å². The lowest BCUT2D eigenvalue weighted by molar-refractivity contribution is 0.390. The van der Waals surface area contributed by atoms with E-state index in [0.717, 1.165) is 4.31 Å². The molecule has 16 heavy (non-hydrogen) atoms. The molecule has 0 saturated carbocycles. The van der Waals surface area contributed by atoms with Gasteiger partial charge in [0.25, 0.3) is 0 Å². The molecule has 1 rings (SSSR count). The number of rotatable bonds is 4. The topological polar surface area (TPSA) is 55.8 Å². The van der Waals surface area contributed by atoms with Gasteiger partial charge in [-0.3, -0.25) is 0 Å². The molecule has 1 aromatic carbocycles. The molecule has 0 amide bonds. The van der Waals surface area contributed by atoms with Gasteiger partial charge < -0.3 is 9.47 Å². The van der Waals surface area contributed by atoms with Crippen LogP contribution in [0.15, 0.2) is 23.1 Å². The maximum Gasteiger partial charge on any atom is 0.246 e. The van der Waals surface area contributed by atoms with Crippen molar-refractivity contribution in [1.29, 1.82) is 0 Å². The minimum Gasteiger partial charge on any atom is -0.497 e. The summed E-state index contributed by atoms with van der Waals surface area (Å²) in [5.41, 5.74) is 0. The molecule has 0 aliphatic heterocycles. The molecular formula is C10H15NO4S. The van der Waals surface area contributed by atoms with Gasteiger partial charge in [0, 0.05) is 20.2 Å². The van der Waals surface area contributed by atoms with Gasteiger partial charge in [0.1, 0.15) is 16.4 Å². The lowest BCUT2D eigenvalue weighted by Gasteiger charge is -2.15. The molecule has 5 nitrogen and oxygen atoms in total. The summed E-state index contributed by atoms with van der Waals surface area (Å²) in [5, 5.41) is 0. The number of benzene rings is 1. The molecular weight excluding hydrogens is 230 g/mol. The summed E-state index contributed by atoms with van der Waals surface area (Å²) in [6.45, 7) is 0. The summed E-state index contributed by atoms with van der Waals surface area (Å²) in [5.74, 6) is 0.774. The number of ether oxygens (including phenoxy) is 2. The minimum atomic E-state index is -3.52. The van der Waals surface area contributed by atoms with Crippen molar-refractivity contribution < 1.29 is 17.9 Å². The Kier molecular flexibility index (Phi) is 3.77. The Hall–Kier alpha value is -1.27. The summed E-state index contributed by atoms with van der Waals surface area (Å²) >= 11 is 0. The van der Waals surface area contributed by atoms with E-state index in [1.165, 1.54) is 34.4 Å². The fraction of sp³-hybridized carbons (Fsp3) is 0.400. The fourth-order valence-electron chi connectivity index (χ4n) is 1.18. The first-order valence-electron chi connectivity index (χ1n) is 4.58. The third-order valence-electron chi connectivity index (χ3n) is 2.13. The number of hydrogen-bond acceptors (Lipinski definition) is 4. The van der Waals surface area contributed by atoms with E-state index in [1.807, 2.05) is 0 Å². The Bertz CT molecular complexity index is 468. The van der Waals surface area contributed by atoms with Gasteiger partial charge >= 0.3 is 0 Å². The molecule has 0 spiro atoms. The van der Waals surface area contributed by atoms with E-state index in [1.54, 1.807) is 12.1 Å². The van der Waals surface area contributed by atoms with E-state index in [-0.39, 0.29) is 4.90 Å². The SMILES string of the molecule is COc1ccc(OC)c(S(=O)(=O)N(C)C)c1. The molecule has 0 aliphatic rings. The van der Waals surface area contributed by atoms with Crippen LogP contribution >= 0.6 is 0 Å². The van der Waals surface area contributed by atoms with Gasteiger partial charge in [0.15, 0.2) is 0 Å². The summed E-state index contributed by atoms with van der Waals surface area (Å²) < 4.78 is 35.1. The summed E-state index contributed by atoms with van der Waals surface area (Å²) in [7, 11) is 2.32. The van der Waals surface area contributed by atoms with Crippen molar-refractivity contribution in [1.82, 2.24) is 4.31 Å². The Labute approximate surface area is 95.6 Å². The fourth-order valence-corrected chi connectivity index (χ4v) is 2.25. The van der Waals surface area contributed by atoms with Crippen LogP contribution in [-0.4, -0.2) is 41.0 Å². The summed E-state index contributed by atoms with van der Waals surface area (Å²) in [4.78, 5) is 0.0966. The van der Waals surface area contributed by atoms with E-state index >= 15 is 0 Å². The monoisotopic (exact) mass is 245 g/mol. The zero-order valence-electron chi connectivity index (χ0n) is 9.72. The summed E-state index contributed by atoms with van der Waals surface area (Å²) in [6.07, 6.45) is 0.